The predicted octanol–water partition coefficient (Wildman–Crippen LogP) is 3.53. The molecule has 11 N–H and O–H groups in total. The van der Waals surface area contributed by atoms with Crippen molar-refractivity contribution >= 4 is 0 Å². The maximum absolute atomic E-state index is 11.4. The Morgan fingerprint density at radius 1 is 0.674 bits per heavy atom. The van der Waals surface area contributed by atoms with Gasteiger partial charge in [-0.05, 0) is 29.8 Å². The Hall–Kier alpha value is -5.60. The molecule has 0 saturated heterocycles. The van der Waals surface area contributed by atoms with E-state index in [2.05, 4.69) is 0 Å². The minimum atomic E-state index is -1.24. The molecule has 0 amide bonds. The second-order valence-electron chi connectivity index (χ2n) is 10.9. The molecule has 0 unspecified atom stereocenters. The molecule has 4 aromatic carbocycles. The fraction of sp³-hybridized carbons (Fsp3) is 0.250. The van der Waals surface area contributed by atoms with Gasteiger partial charge in [0.25, 0.3) is 0 Å². The largest absolute Gasteiger partial charge is 0.508 e. The van der Waals surface area contributed by atoms with Crippen LogP contribution in [-0.4, -0.2) is 82.6 Å². The maximum Gasteiger partial charge on any atom is 0.200 e. The van der Waals surface area contributed by atoms with E-state index in [0.29, 0.717) is 0 Å². The Kier molecular flexibility index (Phi) is 8.34. The predicted molar refractivity (Wildman–Crippen MR) is 158 cm³/mol. The van der Waals surface area contributed by atoms with Crippen molar-refractivity contribution in [3.8, 4) is 69.0 Å². The van der Waals surface area contributed by atoms with Crippen LogP contribution in [0.5, 0.6) is 69.0 Å². The average Bonchev–Trinajstić information content (AvgIpc) is 2.99. The third kappa shape index (κ3) is 5.55. The van der Waals surface area contributed by atoms with Crippen molar-refractivity contribution in [2.75, 3.05) is 14.2 Å². The lowest BCUT2D eigenvalue weighted by Crippen LogP contribution is -2.34. The molecule has 244 valence electrons. The summed E-state index contributed by atoms with van der Waals surface area (Å²) in [6.45, 7) is 0. The third-order valence-electron chi connectivity index (χ3n) is 8.12. The van der Waals surface area contributed by atoms with E-state index in [9.17, 15) is 56.2 Å². The smallest absolute Gasteiger partial charge is 0.200 e. The zero-order valence-electron chi connectivity index (χ0n) is 24.4. The van der Waals surface area contributed by atoms with Gasteiger partial charge in [0.05, 0.1) is 6.10 Å². The number of hydrogen-bond donors (Lipinski definition) is 11. The fourth-order valence-corrected chi connectivity index (χ4v) is 5.86. The van der Waals surface area contributed by atoms with Crippen LogP contribution in [-0.2, 0) is 22.3 Å². The fourth-order valence-electron chi connectivity index (χ4n) is 5.86. The Labute approximate surface area is 261 Å². The second-order valence-corrected chi connectivity index (χ2v) is 10.9. The summed E-state index contributed by atoms with van der Waals surface area (Å²) in [4.78, 5) is 0. The van der Waals surface area contributed by atoms with E-state index in [1.807, 2.05) is 0 Å². The van der Waals surface area contributed by atoms with E-state index in [0.717, 1.165) is 42.5 Å². The summed E-state index contributed by atoms with van der Waals surface area (Å²) in [5, 5.41) is 114. The van der Waals surface area contributed by atoms with Crippen molar-refractivity contribution < 1.29 is 70.4 Å². The molecule has 4 aromatic rings. The van der Waals surface area contributed by atoms with Gasteiger partial charge < -0.3 is 70.4 Å². The zero-order valence-corrected chi connectivity index (χ0v) is 24.4. The van der Waals surface area contributed by atoms with Gasteiger partial charge in [0.1, 0.15) is 40.6 Å². The number of benzene rings is 4. The molecule has 5 rings (SSSR count). The molecule has 14 heteroatoms. The topological polar surface area (TPSA) is 250 Å². The Balaban J connectivity index is 1.75. The highest BCUT2D eigenvalue weighted by Gasteiger charge is 2.41. The Morgan fingerprint density at radius 2 is 1.22 bits per heavy atom. The number of phenolic OH excluding ortho intramolecular Hbond substituents is 11. The zero-order chi connectivity index (χ0) is 33.6. The average molecular weight is 641 g/mol. The van der Waals surface area contributed by atoms with Gasteiger partial charge in [-0.3, -0.25) is 0 Å². The number of hydrogen-bond acceptors (Lipinski definition) is 14. The SMILES string of the molecule is CO[C@H](Cc1c(O)cc(O)cc1O)[C@H](c1cc(O)c(O)c(O)c1)c1c(O)cc(O)c2c1O[C@H](c1cc(O)c(O)c(O)c1)[C@H](OC)C2. The first-order valence-corrected chi connectivity index (χ1v) is 13.8. The number of phenols is 11. The number of aromatic hydroxyl groups is 11. The molecule has 0 radical (unpaired) electrons. The summed E-state index contributed by atoms with van der Waals surface area (Å²) in [6, 6.07) is 7.50. The maximum atomic E-state index is 11.4. The van der Waals surface area contributed by atoms with E-state index >= 15 is 0 Å². The first-order chi connectivity index (χ1) is 21.7. The van der Waals surface area contributed by atoms with Crippen LogP contribution in [0.1, 0.15) is 39.8 Å². The van der Waals surface area contributed by atoms with Crippen molar-refractivity contribution in [3.05, 3.63) is 70.3 Å². The summed E-state index contributed by atoms with van der Waals surface area (Å²) in [7, 11) is 2.65. The molecule has 46 heavy (non-hydrogen) atoms. The Morgan fingerprint density at radius 3 is 1.74 bits per heavy atom. The van der Waals surface area contributed by atoms with E-state index < -0.39 is 81.7 Å². The van der Waals surface area contributed by atoms with Gasteiger partial charge in [0.2, 0.25) is 0 Å². The van der Waals surface area contributed by atoms with Crippen LogP contribution in [0.3, 0.4) is 0 Å². The molecular formula is C32H32O14. The Bertz CT molecular complexity index is 1730. The first kappa shape index (κ1) is 31.8. The summed E-state index contributed by atoms with van der Waals surface area (Å²) < 4.78 is 17.7. The first-order valence-electron chi connectivity index (χ1n) is 13.8. The van der Waals surface area contributed by atoms with Gasteiger partial charge in [-0.25, -0.2) is 0 Å². The van der Waals surface area contributed by atoms with Crippen LogP contribution in [0.15, 0.2) is 42.5 Å². The molecule has 14 nitrogen and oxygen atoms in total. The highest BCUT2D eigenvalue weighted by Crippen LogP contribution is 2.53. The minimum Gasteiger partial charge on any atom is -0.508 e. The minimum absolute atomic E-state index is 0.0337. The quantitative estimate of drug-likeness (QED) is 0.123. The summed E-state index contributed by atoms with van der Waals surface area (Å²) in [5.41, 5.74) is 0.230. The molecular weight excluding hydrogens is 608 g/mol. The molecule has 1 heterocycles. The highest BCUT2D eigenvalue weighted by atomic mass is 16.5. The van der Waals surface area contributed by atoms with Crippen LogP contribution in [0, 0.1) is 0 Å². The molecule has 0 spiro atoms. The van der Waals surface area contributed by atoms with E-state index in [-0.39, 0.29) is 52.2 Å². The molecule has 1 aliphatic rings. The van der Waals surface area contributed by atoms with Gasteiger partial charge in [-0.2, -0.15) is 0 Å². The van der Waals surface area contributed by atoms with Gasteiger partial charge >= 0.3 is 0 Å². The van der Waals surface area contributed by atoms with Gasteiger partial charge in [-0.1, -0.05) is 0 Å². The van der Waals surface area contributed by atoms with Gasteiger partial charge in [0.15, 0.2) is 40.6 Å². The van der Waals surface area contributed by atoms with Crippen LogP contribution in [0.4, 0.5) is 0 Å². The molecule has 1 aliphatic heterocycles. The van der Waals surface area contributed by atoms with E-state index in [1.165, 1.54) is 14.2 Å². The van der Waals surface area contributed by atoms with Crippen LogP contribution in [0.25, 0.3) is 0 Å². The highest BCUT2D eigenvalue weighted by molar-refractivity contribution is 5.64. The van der Waals surface area contributed by atoms with E-state index in [4.69, 9.17) is 14.2 Å². The van der Waals surface area contributed by atoms with Crippen molar-refractivity contribution in [3.63, 3.8) is 0 Å². The molecule has 0 aromatic heterocycles. The lowest BCUT2D eigenvalue weighted by atomic mass is 9.80. The monoisotopic (exact) mass is 640 g/mol. The lowest BCUT2D eigenvalue weighted by molar-refractivity contribution is -0.0136. The van der Waals surface area contributed by atoms with Crippen molar-refractivity contribution in [1.29, 1.82) is 0 Å². The summed E-state index contributed by atoms with van der Waals surface area (Å²) in [6.07, 6.45) is -3.42. The molecule has 0 fully saturated rings. The molecule has 4 atom stereocenters. The van der Waals surface area contributed by atoms with Crippen LogP contribution in [0.2, 0.25) is 0 Å². The van der Waals surface area contributed by atoms with E-state index in [1.54, 1.807) is 0 Å². The number of rotatable bonds is 8. The lowest BCUT2D eigenvalue weighted by Gasteiger charge is -2.37. The standard InChI is InChI=1S/C32H32O14/c1-44-25(9-15-17(34)7-14(33)8-18(15)35)27(12-3-21(38)29(42)22(39)4-12)28-20(37)11-19(36)16-10-26(45-2)31(46-32(16)28)13-5-23(40)30(43)24(41)6-13/h3-8,11,25-27,31,33-43H,9-10H2,1-2H3/t25-,26-,27+,31-/m1/s1. The molecule has 0 bridgehead atoms. The molecule has 0 aliphatic carbocycles. The number of ether oxygens (including phenoxy) is 3. The number of methoxy groups -OCH3 is 2. The summed E-state index contributed by atoms with van der Waals surface area (Å²) in [5.74, 6) is -8.03. The molecule has 0 saturated carbocycles. The number of fused-ring (bicyclic) bond motifs is 1. The van der Waals surface area contributed by atoms with Crippen molar-refractivity contribution in [2.45, 2.75) is 37.1 Å². The van der Waals surface area contributed by atoms with Gasteiger partial charge in [-0.15, -0.1) is 0 Å². The van der Waals surface area contributed by atoms with Crippen molar-refractivity contribution in [2.24, 2.45) is 0 Å². The third-order valence-corrected chi connectivity index (χ3v) is 8.12. The summed E-state index contributed by atoms with van der Waals surface area (Å²) >= 11 is 0. The van der Waals surface area contributed by atoms with Crippen LogP contribution < -0.4 is 4.74 Å². The second kappa shape index (κ2) is 12.1. The van der Waals surface area contributed by atoms with Crippen molar-refractivity contribution in [1.82, 2.24) is 0 Å². The normalized spacial score (nSPS) is 17.2. The van der Waals surface area contributed by atoms with Crippen LogP contribution >= 0.6 is 0 Å². The van der Waals surface area contributed by atoms with Gasteiger partial charge in [0, 0.05) is 73.4 Å².